The largest absolute Gasteiger partial charge is 0.382 e. The number of nitrogens with zero attached hydrogens (tertiary/aromatic N) is 2. The zero-order valence-corrected chi connectivity index (χ0v) is 19.7. The first kappa shape index (κ1) is 23.7. The topological polar surface area (TPSA) is 83.3 Å². The van der Waals surface area contributed by atoms with Crippen LogP contribution < -0.4 is 16.4 Å². The Hall–Kier alpha value is -2.97. The molecule has 1 aliphatic rings. The van der Waals surface area contributed by atoms with E-state index in [-0.39, 0.29) is 11.9 Å². The van der Waals surface area contributed by atoms with E-state index >= 15 is 0 Å². The summed E-state index contributed by atoms with van der Waals surface area (Å²) in [5.41, 5.74) is 9.00. The SMILES string of the molecule is C=C(c1sc(Nc2ccc(C(=O)NCC(C)N(C)C)cc2)nc1N)C1C(C)=CC=CC1F. The van der Waals surface area contributed by atoms with Crippen LogP contribution in [0.15, 0.2) is 54.6 Å². The normalized spacial score (nSPS) is 18.9. The lowest BCUT2D eigenvalue weighted by Gasteiger charge is -2.24. The van der Waals surface area contributed by atoms with Crippen molar-refractivity contribution in [3.63, 3.8) is 0 Å². The fourth-order valence-electron chi connectivity index (χ4n) is 3.36. The number of rotatable bonds is 8. The molecule has 0 bridgehead atoms. The van der Waals surface area contributed by atoms with Crippen LogP contribution in [0, 0.1) is 5.92 Å². The predicted octanol–water partition coefficient (Wildman–Crippen LogP) is 4.63. The van der Waals surface area contributed by atoms with Gasteiger partial charge in [-0.15, -0.1) is 0 Å². The number of aromatic nitrogens is 1. The molecule has 32 heavy (non-hydrogen) atoms. The molecule has 3 rings (SSSR count). The second-order valence-corrected chi connectivity index (χ2v) is 9.20. The number of allylic oxidation sites excluding steroid dienone is 5. The molecule has 8 heteroatoms. The Morgan fingerprint density at radius 1 is 1.34 bits per heavy atom. The maximum atomic E-state index is 14.5. The average molecular weight is 456 g/mol. The Kier molecular flexibility index (Phi) is 7.48. The van der Waals surface area contributed by atoms with Crippen molar-refractivity contribution < 1.29 is 9.18 Å². The number of nitrogens with one attached hydrogen (secondary N) is 2. The Morgan fingerprint density at radius 3 is 2.66 bits per heavy atom. The summed E-state index contributed by atoms with van der Waals surface area (Å²) in [6, 6.07) is 7.38. The lowest BCUT2D eigenvalue weighted by Crippen LogP contribution is -2.38. The summed E-state index contributed by atoms with van der Waals surface area (Å²) in [5.74, 6) is -0.236. The van der Waals surface area contributed by atoms with E-state index < -0.39 is 12.1 Å². The lowest BCUT2D eigenvalue weighted by molar-refractivity contribution is 0.0943. The van der Waals surface area contributed by atoms with Gasteiger partial charge >= 0.3 is 0 Å². The van der Waals surface area contributed by atoms with Gasteiger partial charge in [0.15, 0.2) is 5.13 Å². The van der Waals surface area contributed by atoms with Crippen molar-refractivity contribution in [2.45, 2.75) is 26.1 Å². The Bertz CT molecular complexity index is 1040. The van der Waals surface area contributed by atoms with Gasteiger partial charge in [-0.2, -0.15) is 0 Å². The van der Waals surface area contributed by atoms with Crippen molar-refractivity contribution in [1.82, 2.24) is 15.2 Å². The van der Waals surface area contributed by atoms with Crippen LogP contribution in [0.4, 0.5) is 21.0 Å². The van der Waals surface area contributed by atoms with Crippen molar-refractivity contribution in [1.29, 1.82) is 0 Å². The van der Waals surface area contributed by atoms with Gasteiger partial charge in [-0.3, -0.25) is 4.79 Å². The molecular weight excluding hydrogens is 425 g/mol. The van der Waals surface area contributed by atoms with E-state index in [2.05, 4.69) is 22.2 Å². The first-order chi connectivity index (χ1) is 15.2. The van der Waals surface area contributed by atoms with E-state index in [0.717, 1.165) is 11.3 Å². The van der Waals surface area contributed by atoms with E-state index in [0.29, 0.717) is 33.5 Å². The summed E-state index contributed by atoms with van der Waals surface area (Å²) in [6.07, 6.45) is 4.00. The highest BCUT2D eigenvalue weighted by atomic mass is 32.1. The molecule has 1 aromatic carbocycles. The summed E-state index contributed by atoms with van der Waals surface area (Å²) in [4.78, 5) is 19.4. The number of carbonyl (C=O) groups excluding carboxylic acids is 1. The van der Waals surface area contributed by atoms with Gasteiger partial charge in [-0.1, -0.05) is 35.6 Å². The van der Waals surface area contributed by atoms with E-state index in [1.807, 2.05) is 51.1 Å². The molecule has 0 fully saturated rings. The number of nitrogens with two attached hydrogens (primary N) is 1. The lowest BCUT2D eigenvalue weighted by atomic mass is 9.84. The summed E-state index contributed by atoms with van der Waals surface area (Å²) in [5, 5.41) is 6.72. The zero-order chi connectivity index (χ0) is 23.4. The molecule has 170 valence electrons. The zero-order valence-electron chi connectivity index (χ0n) is 18.9. The second-order valence-electron chi connectivity index (χ2n) is 8.20. The number of benzene rings is 1. The van der Waals surface area contributed by atoms with E-state index in [1.54, 1.807) is 18.2 Å². The van der Waals surface area contributed by atoms with Crippen molar-refractivity contribution >= 4 is 39.5 Å². The number of alkyl halides is 1. The maximum Gasteiger partial charge on any atom is 0.251 e. The minimum atomic E-state index is -1.13. The molecule has 1 aliphatic carbocycles. The minimum absolute atomic E-state index is 0.118. The smallest absolute Gasteiger partial charge is 0.251 e. The van der Waals surface area contributed by atoms with Crippen molar-refractivity contribution in [3.05, 3.63) is 65.1 Å². The van der Waals surface area contributed by atoms with Gasteiger partial charge in [0.2, 0.25) is 0 Å². The molecule has 2 aromatic rings. The number of halogens is 1. The third-order valence-electron chi connectivity index (χ3n) is 5.62. The molecule has 6 nitrogen and oxygen atoms in total. The highest BCUT2D eigenvalue weighted by Gasteiger charge is 2.28. The van der Waals surface area contributed by atoms with Gasteiger partial charge in [0.25, 0.3) is 5.91 Å². The number of hydrogen-bond donors (Lipinski definition) is 3. The van der Waals surface area contributed by atoms with Crippen molar-refractivity contribution in [2.24, 2.45) is 5.92 Å². The van der Waals surface area contributed by atoms with Crippen LogP contribution in [-0.2, 0) is 0 Å². The quantitative estimate of drug-likeness (QED) is 0.540. The third-order valence-corrected chi connectivity index (χ3v) is 6.68. The third kappa shape index (κ3) is 5.44. The average Bonchev–Trinajstić information content (AvgIpc) is 3.11. The molecule has 0 saturated carbocycles. The summed E-state index contributed by atoms with van der Waals surface area (Å²) in [6.45, 7) is 8.61. The number of carbonyl (C=O) groups is 1. The fourth-order valence-corrected chi connectivity index (χ4v) is 4.27. The van der Waals surface area contributed by atoms with Gasteiger partial charge in [0.05, 0.1) is 4.88 Å². The summed E-state index contributed by atoms with van der Waals surface area (Å²) in [7, 11) is 3.95. The molecule has 0 saturated heterocycles. The van der Waals surface area contributed by atoms with E-state index in [1.165, 1.54) is 17.4 Å². The molecule has 0 spiro atoms. The molecule has 1 amide bonds. The molecule has 0 aliphatic heterocycles. The van der Waals surface area contributed by atoms with Gasteiger partial charge < -0.3 is 21.3 Å². The van der Waals surface area contributed by atoms with Gasteiger partial charge in [-0.05, 0) is 63.9 Å². The number of likely N-dealkylation sites (N-methyl/N-ethyl adjacent to an activating group) is 1. The second kappa shape index (κ2) is 10.1. The number of hydrogen-bond acceptors (Lipinski definition) is 6. The Balaban J connectivity index is 1.66. The van der Waals surface area contributed by atoms with Crippen LogP contribution >= 0.6 is 11.3 Å². The number of thiazole rings is 1. The van der Waals surface area contributed by atoms with Gasteiger partial charge in [-0.25, -0.2) is 9.37 Å². The first-order valence-corrected chi connectivity index (χ1v) is 11.2. The van der Waals surface area contributed by atoms with Crippen LogP contribution in [0.5, 0.6) is 0 Å². The minimum Gasteiger partial charge on any atom is -0.382 e. The standard InChI is InChI=1S/C24H30FN5OS/c1-14-7-6-8-19(25)20(14)16(3)21-22(26)29-24(32-21)28-18-11-9-17(10-12-18)23(31)27-13-15(2)30(4)5/h6-12,15,19-20H,3,13,26H2,1-2,4-5H3,(H,27,31)(H,28,29). The highest BCUT2D eigenvalue weighted by Crippen LogP contribution is 2.41. The molecule has 1 heterocycles. The van der Waals surface area contributed by atoms with E-state index in [9.17, 15) is 9.18 Å². The predicted molar refractivity (Wildman–Crippen MR) is 132 cm³/mol. The van der Waals surface area contributed by atoms with Gasteiger partial charge in [0, 0.05) is 29.8 Å². The first-order valence-electron chi connectivity index (χ1n) is 10.4. The fraction of sp³-hybridized carbons (Fsp3) is 0.333. The van der Waals surface area contributed by atoms with Crippen LogP contribution in [0.1, 0.15) is 29.1 Å². The van der Waals surface area contributed by atoms with Crippen LogP contribution in [0.3, 0.4) is 0 Å². The molecule has 4 N–H and O–H groups in total. The Labute approximate surface area is 192 Å². The van der Waals surface area contributed by atoms with Crippen LogP contribution in [0.25, 0.3) is 5.57 Å². The summed E-state index contributed by atoms with van der Waals surface area (Å²) >= 11 is 1.34. The molecular formula is C24H30FN5OS. The molecule has 0 radical (unpaired) electrons. The maximum absolute atomic E-state index is 14.5. The molecule has 1 aromatic heterocycles. The monoisotopic (exact) mass is 455 g/mol. The molecule has 3 atom stereocenters. The Morgan fingerprint density at radius 2 is 2.03 bits per heavy atom. The van der Waals surface area contributed by atoms with Crippen molar-refractivity contribution in [2.75, 3.05) is 31.7 Å². The van der Waals surface area contributed by atoms with E-state index in [4.69, 9.17) is 5.73 Å². The summed E-state index contributed by atoms with van der Waals surface area (Å²) < 4.78 is 14.5. The number of anilines is 3. The highest BCUT2D eigenvalue weighted by molar-refractivity contribution is 7.17. The van der Waals surface area contributed by atoms with Crippen LogP contribution in [-0.4, -0.2) is 48.6 Å². The molecule has 3 unspecified atom stereocenters. The van der Waals surface area contributed by atoms with Gasteiger partial charge in [0.1, 0.15) is 12.0 Å². The number of nitrogen functional groups attached to an aromatic ring is 1. The van der Waals surface area contributed by atoms with Crippen molar-refractivity contribution in [3.8, 4) is 0 Å². The van der Waals surface area contributed by atoms with Crippen LogP contribution in [0.2, 0.25) is 0 Å². The number of amides is 1.